The van der Waals surface area contributed by atoms with Crippen LogP contribution in [0.25, 0.3) is 0 Å². The number of hydrogen-bond donors (Lipinski definition) is 1. The van der Waals surface area contributed by atoms with E-state index < -0.39 is 9.84 Å². The van der Waals surface area contributed by atoms with Gasteiger partial charge in [-0.05, 0) is 25.0 Å². The van der Waals surface area contributed by atoms with Gasteiger partial charge in [0.25, 0.3) is 0 Å². The summed E-state index contributed by atoms with van der Waals surface area (Å²) in [5, 5.41) is 4.31. The Kier molecular flexibility index (Phi) is 3.93. The van der Waals surface area contributed by atoms with Crippen LogP contribution in [0.4, 0.5) is 0 Å². The van der Waals surface area contributed by atoms with E-state index >= 15 is 0 Å². The van der Waals surface area contributed by atoms with Crippen molar-refractivity contribution in [3.8, 4) is 0 Å². The van der Waals surface area contributed by atoms with Crippen LogP contribution in [-0.4, -0.2) is 25.5 Å². The van der Waals surface area contributed by atoms with Crippen LogP contribution >= 0.6 is 23.2 Å². The Hall–Kier alpha value is -0.290. The normalized spacial score (nSPS) is 26.4. The molecule has 1 aromatic rings. The molecule has 2 rings (SSSR count). The monoisotopic (exact) mass is 307 g/mol. The maximum absolute atomic E-state index is 11.5. The highest BCUT2D eigenvalue weighted by Crippen LogP contribution is 2.27. The molecule has 1 heterocycles. The minimum absolute atomic E-state index is 0.179. The number of nitrogens with one attached hydrogen (secondary N) is 1. The molecule has 0 saturated carbocycles. The van der Waals surface area contributed by atoms with E-state index in [-0.39, 0.29) is 17.0 Å². The first-order valence-electron chi connectivity index (χ1n) is 5.70. The fourth-order valence-corrected chi connectivity index (χ4v) is 4.65. The van der Waals surface area contributed by atoms with E-state index in [0.29, 0.717) is 23.0 Å². The van der Waals surface area contributed by atoms with Crippen molar-refractivity contribution < 1.29 is 8.42 Å². The summed E-state index contributed by atoms with van der Waals surface area (Å²) < 4.78 is 23.0. The second kappa shape index (κ2) is 5.00. The van der Waals surface area contributed by atoms with Crippen molar-refractivity contribution in [1.82, 2.24) is 5.32 Å². The van der Waals surface area contributed by atoms with Crippen LogP contribution < -0.4 is 5.32 Å². The summed E-state index contributed by atoms with van der Waals surface area (Å²) in [6, 6.07) is 5.45. The minimum Gasteiger partial charge on any atom is -0.306 e. The van der Waals surface area contributed by atoms with Gasteiger partial charge in [0.15, 0.2) is 9.84 Å². The Balaban J connectivity index is 2.06. The lowest BCUT2D eigenvalue weighted by atomic mass is 10.0. The first-order valence-corrected chi connectivity index (χ1v) is 8.27. The predicted molar refractivity (Wildman–Crippen MR) is 75.0 cm³/mol. The van der Waals surface area contributed by atoms with Gasteiger partial charge in [-0.2, -0.15) is 0 Å². The van der Waals surface area contributed by atoms with Gasteiger partial charge in [-0.1, -0.05) is 35.3 Å². The maximum Gasteiger partial charge on any atom is 0.152 e. The lowest BCUT2D eigenvalue weighted by molar-refractivity contribution is 0.395. The molecule has 1 aliphatic heterocycles. The van der Waals surface area contributed by atoms with Crippen LogP contribution in [0.2, 0.25) is 10.0 Å². The van der Waals surface area contributed by atoms with Gasteiger partial charge in [0, 0.05) is 12.1 Å². The molecule has 1 aromatic carbocycles. The Bertz CT molecular complexity index is 559. The second-order valence-electron chi connectivity index (χ2n) is 4.97. The van der Waals surface area contributed by atoms with Gasteiger partial charge in [0.2, 0.25) is 0 Å². The summed E-state index contributed by atoms with van der Waals surface area (Å²) in [4.78, 5) is 0. The van der Waals surface area contributed by atoms with Crippen LogP contribution in [0.1, 0.15) is 18.9 Å². The van der Waals surface area contributed by atoms with Gasteiger partial charge in [0.1, 0.15) is 0 Å². The summed E-state index contributed by atoms with van der Waals surface area (Å²) in [6.07, 6.45) is 0.632. The zero-order chi connectivity index (χ0) is 13.4. The predicted octanol–water partition coefficient (Wildman–Crippen LogP) is 2.66. The van der Waals surface area contributed by atoms with E-state index in [4.69, 9.17) is 23.2 Å². The van der Waals surface area contributed by atoms with Crippen LogP contribution in [0.3, 0.4) is 0 Å². The van der Waals surface area contributed by atoms with Gasteiger partial charge in [-0.3, -0.25) is 0 Å². The van der Waals surface area contributed by atoms with Crippen LogP contribution in [0.15, 0.2) is 18.2 Å². The van der Waals surface area contributed by atoms with Crippen molar-refractivity contribution in [1.29, 1.82) is 0 Å². The van der Waals surface area contributed by atoms with Crippen molar-refractivity contribution >= 4 is 33.0 Å². The van der Waals surface area contributed by atoms with Gasteiger partial charge < -0.3 is 5.32 Å². The average molecular weight is 308 g/mol. The summed E-state index contributed by atoms with van der Waals surface area (Å²) in [5.74, 6) is 0.429. The van der Waals surface area contributed by atoms with Crippen molar-refractivity contribution in [2.75, 3.05) is 11.5 Å². The molecule has 3 nitrogen and oxygen atoms in total. The third kappa shape index (κ3) is 3.18. The smallest absolute Gasteiger partial charge is 0.152 e. The SMILES string of the molecule is CC1(NCc2cccc(Cl)c2Cl)CCS(=O)(=O)C1. The molecule has 0 aromatic heterocycles. The van der Waals surface area contributed by atoms with Crippen LogP contribution in [0, 0.1) is 0 Å². The number of benzene rings is 1. The van der Waals surface area contributed by atoms with E-state index in [1.54, 1.807) is 6.07 Å². The summed E-state index contributed by atoms with van der Waals surface area (Å²) >= 11 is 12.0. The molecular formula is C12H15Cl2NO2S. The molecule has 1 fully saturated rings. The van der Waals surface area contributed by atoms with Gasteiger partial charge in [-0.15, -0.1) is 0 Å². The summed E-state index contributed by atoms with van der Waals surface area (Å²) in [7, 11) is -2.90. The molecule has 1 unspecified atom stereocenters. The number of halogens is 2. The molecule has 0 amide bonds. The Labute approximate surface area is 117 Å². The molecule has 0 radical (unpaired) electrons. The maximum atomic E-state index is 11.5. The Morgan fingerprint density at radius 2 is 2.11 bits per heavy atom. The lowest BCUT2D eigenvalue weighted by Crippen LogP contribution is -2.42. The molecule has 1 saturated heterocycles. The second-order valence-corrected chi connectivity index (χ2v) is 7.94. The largest absolute Gasteiger partial charge is 0.306 e. The molecule has 18 heavy (non-hydrogen) atoms. The molecular weight excluding hydrogens is 293 g/mol. The molecule has 0 aliphatic carbocycles. The fourth-order valence-electron chi connectivity index (χ4n) is 2.14. The first kappa shape index (κ1) is 14.1. The van der Waals surface area contributed by atoms with Crippen molar-refractivity contribution in [3.63, 3.8) is 0 Å². The lowest BCUT2D eigenvalue weighted by Gasteiger charge is -2.24. The van der Waals surface area contributed by atoms with E-state index in [0.717, 1.165) is 5.56 Å². The van der Waals surface area contributed by atoms with E-state index in [1.165, 1.54) is 0 Å². The molecule has 100 valence electrons. The number of hydrogen-bond acceptors (Lipinski definition) is 3. The quantitative estimate of drug-likeness (QED) is 0.934. The third-order valence-corrected chi connectivity index (χ3v) is 6.00. The highest BCUT2D eigenvalue weighted by molar-refractivity contribution is 7.91. The molecule has 6 heteroatoms. The number of rotatable bonds is 3. The van der Waals surface area contributed by atoms with E-state index in [1.807, 2.05) is 19.1 Å². The fraction of sp³-hybridized carbons (Fsp3) is 0.500. The van der Waals surface area contributed by atoms with E-state index in [9.17, 15) is 8.42 Å². The van der Waals surface area contributed by atoms with Crippen molar-refractivity contribution in [2.45, 2.75) is 25.4 Å². The molecule has 1 aliphatic rings. The summed E-state index contributed by atoms with van der Waals surface area (Å²) in [5.41, 5.74) is 0.513. The van der Waals surface area contributed by atoms with Gasteiger partial charge in [0.05, 0.1) is 21.6 Å². The zero-order valence-corrected chi connectivity index (χ0v) is 12.4. The number of sulfone groups is 1. The summed E-state index contributed by atoms with van der Waals surface area (Å²) in [6.45, 7) is 2.45. The molecule has 1 atom stereocenters. The van der Waals surface area contributed by atoms with E-state index in [2.05, 4.69) is 5.32 Å². The third-order valence-electron chi connectivity index (χ3n) is 3.24. The standard InChI is InChI=1S/C12H15Cl2NO2S/c1-12(5-6-18(16,17)8-12)15-7-9-3-2-4-10(13)11(9)14/h2-4,15H,5-8H2,1H3. The highest BCUT2D eigenvalue weighted by atomic mass is 35.5. The minimum atomic E-state index is -2.90. The van der Waals surface area contributed by atoms with Crippen molar-refractivity contribution in [2.24, 2.45) is 0 Å². The topological polar surface area (TPSA) is 46.2 Å². The Morgan fingerprint density at radius 3 is 2.72 bits per heavy atom. The molecule has 1 N–H and O–H groups in total. The van der Waals surface area contributed by atoms with Crippen LogP contribution in [0.5, 0.6) is 0 Å². The Morgan fingerprint density at radius 1 is 1.39 bits per heavy atom. The van der Waals surface area contributed by atoms with Gasteiger partial charge >= 0.3 is 0 Å². The average Bonchev–Trinajstić information content (AvgIpc) is 2.56. The first-order chi connectivity index (χ1) is 8.31. The highest BCUT2D eigenvalue weighted by Gasteiger charge is 2.37. The van der Waals surface area contributed by atoms with Gasteiger partial charge in [-0.25, -0.2) is 8.42 Å². The van der Waals surface area contributed by atoms with Crippen molar-refractivity contribution in [3.05, 3.63) is 33.8 Å². The molecule has 0 bridgehead atoms. The van der Waals surface area contributed by atoms with Crippen LogP contribution in [-0.2, 0) is 16.4 Å². The zero-order valence-electron chi connectivity index (χ0n) is 10.0. The molecule has 0 spiro atoms.